The van der Waals surface area contributed by atoms with E-state index in [9.17, 15) is 0 Å². The number of aryl methyl sites for hydroxylation is 1. The summed E-state index contributed by atoms with van der Waals surface area (Å²) in [7, 11) is 0. The van der Waals surface area contributed by atoms with E-state index in [1.807, 2.05) is 12.3 Å². The van der Waals surface area contributed by atoms with Crippen molar-refractivity contribution in [2.45, 2.75) is 45.6 Å². The van der Waals surface area contributed by atoms with Crippen molar-refractivity contribution in [3.8, 4) is 0 Å². The number of fused-ring (bicyclic) bond motifs is 1. The Bertz CT molecular complexity index is 640. The number of alkyl halides is 1. The Kier molecular flexibility index (Phi) is 4.55. The molecule has 3 unspecified atom stereocenters. The molecule has 0 aliphatic heterocycles. The number of nitrogens with zero attached hydrogens (tertiary/aromatic N) is 3. The molecule has 3 rings (SSSR count). The van der Waals surface area contributed by atoms with Crippen molar-refractivity contribution < 1.29 is 0 Å². The Morgan fingerprint density at radius 2 is 2.24 bits per heavy atom. The van der Waals surface area contributed by atoms with Gasteiger partial charge in [0, 0.05) is 29.0 Å². The second kappa shape index (κ2) is 6.25. The lowest BCUT2D eigenvalue weighted by molar-refractivity contribution is 0.328. The summed E-state index contributed by atoms with van der Waals surface area (Å²) < 4.78 is 3.34. The smallest absolute Gasteiger partial charge is 0.160 e. The predicted molar refractivity (Wildman–Crippen MR) is 90.9 cm³/mol. The van der Waals surface area contributed by atoms with E-state index in [0.717, 1.165) is 33.8 Å². The fourth-order valence-electron chi connectivity index (χ4n) is 3.78. The first-order valence-corrected chi connectivity index (χ1v) is 9.06. The summed E-state index contributed by atoms with van der Waals surface area (Å²) in [5.41, 5.74) is 1.98. The zero-order chi connectivity index (χ0) is 15.0. The number of imidazole rings is 1. The van der Waals surface area contributed by atoms with E-state index in [4.69, 9.17) is 16.6 Å². The van der Waals surface area contributed by atoms with Gasteiger partial charge >= 0.3 is 0 Å². The molecular formula is C16H21BrClN3. The topological polar surface area (TPSA) is 30.7 Å². The fraction of sp³-hybridized carbons (Fsp3) is 0.625. The van der Waals surface area contributed by atoms with Crippen LogP contribution in [0.4, 0.5) is 0 Å². The molecule has 114 valence electrons. The SMILES string of the molecule is CCC1CCC(n2c(CCCl)nc3cc(Br)cnc32)C1C. The third kappa shape index (κ3) is 2.72. The summed E-state index contributed by atoms with van der Waals surface area (Å²) in [5.74, 6) is 3.17. The molecule has 2 heterocycles. The van der Waals surface area contributed by atoms with E-state index in [0.29, 0.717) is 17.8 Å². The molecule has 2 aromatic rings. The van der Waals surface area contributed by atoms with Crippen molar-refractivity contribution in [3.63, 3.8) is 0 Å². The van der Waals surface area contributed by atoms with Gasteiger partial charge in [0.15, 0.2) is 5.65 Å². The zero-order valence-electron chi connectivity index (χ0n) is 12.5. The van der Waals surface area contributed by atoms with Gasteiger partial charge in [-0.3, -0.25) is 0 Å². The Morgan fingerprint density at radius 3 is 2.90 bits per heavy atom. The lowest BCUT2D eigenvalue weighted by Crippen LogP contribution is -2.18. The van der Waals surface area contributed by atoms with E-state index in [2.05, 4.69) is 39.3 Å². The van der Waals surface area contributed by atoms with Crippen molar-refractivity contribution in [2.75, 3.05) is 5.88 Å². The molecule has 0 amide bonds. The van der Waals surface area contributed by atoms with Crippen LogP contribution in [-0.4, -0.2) is 20.4 Å². The largest absolute Gasteiger partial charge is 0.309 e. The van der Waals surface area contributed by atoms with Crippen LogP contribution in [0.2, 0.25) is 0 Å². The van der Waals surface area contributed by atoms with Gasteiger partial charge in [0.1, 0.15) is 11.3 Å². The van der Waals surface area contributed by atoms with Gasteiger partial charge < -0.3 is 4.57 Å². The first-order chi connectivity index (χ1) is 10.2. The minimum atomic E-state index is 0.506. The van der Waals surface area contributed by atoms with Crippen LogP contribution in [-0.2, 0) is 6.42 Å². The third-order valence-corrected chi connectivity index (χ3v) is 5.55. The summed E-state index contributed by atoms with van der Waals surface area (Å²) in [6.07, 6.45) is 6.45. The van der Waals surface area contributed by atoms with Gasteiger partial charge in [-0.05, 0) is 46.7 Å². The van der Waals surface area contributed by atoms with E-state index in [-0.39, 0.29) is 0 Å². The molecule has 3 nitrogen and oxygen atoms in total. The average Bonchev–Trinajstić information content (AvgIpc) is 2.98. The Balaban J connectivity index is 2.09. The standard InChI is InChI=1S/C16H21BrClN3/c1-3-11-4-5-14(10(11)2)21-15(6-7-18)20-13-8-12(17)9-19-16(13)21/h8-11,14H,3-7H2,1-2H3. The van der Waals surface area contributed by atoms with Crippen molar-refractivity contribution >= 4 is 38.7 Å². The van der Waals surface area contributed by atoms with E-state index < -0.39 is 0 Å². The molecule has 1 saturated carbocycles. The van der Waals surface area contributed by atoms with Crippen LogP contribution in [0.25, 0.3) is 11.2 Å². The molecule has 0 aromatic carbocycles. The van der Waals surface area contributed by atoms with Crippen LogP contribution in [0, 0.1) is 11.8 Å². The highest BCUT2D eigenvalue weighted by atomic mass is 79.9. The van der Waals surface area contributed by atoms with Gasteiger partial charge in [0.05, 0.1) is 0 Å². The molecule has 0 radical (unpaired) electrons. The molecule has 1 aliphatic carbocycles. The molecule has 0 spiro atoms. The number of pyridine rings is 1. The molecule has 1 aliphatic rings. The van der Waals surface area contributed by atoms with E-state index in [1.54, 1.807) is 0 Å². The zero-order valence-corrected chi connectivity index (χ0v) is 14.9. The molecule has 2 aromatic heterocycles. The molecular weight excluding hydrogens is 350 g/mol. The fourth-order valence-corrected chi connectivity index (χ4v) is 4.27. The highest BCUT2D eigenvalue weighted by molar-refractivity contribution is 9.10. The van der Waals surface area contributed by atoms with Gasteiger partial charge in [-0.15, -0.1) is 11.6 Å². The maximum absolute atomic E-state index is 5.98. The maximum Gasteiger partial charge on any atom is 0.160 e. The second-order valence-electron chi connectivity index (χ2n) is 6.01. The average molecular weight is 371 g/mol. The first kappa shape index (κ1) is 15.3. The molecule has 0 saturated heterocycles. The predicted octanol–water partition coefficient (Wildman–Crippen LogP) is 4.97. The molecule has 5 heteroatoms. The van der Waals surface area contributed by atoms with Crippen LogP contribution in [0.15, 0.2) is 16.7 Å². The van der Waals surface area contributed by atoms with Crippen LogP contribution in [0.1, 0.15) is 45.0 Å². The van der Waals surface area contributed by atoms with Crippen molar-refractivity contribution in [1.29, 1.82) is 0 Å². The summed E-state index contributed by atoms with van der Waals surface area (Å²) in [4.78, 5) is 9.40. The third-order valence-electron chi connectivity index (χ3n) is 4.93. The Morgan fingerprint density at radius 1 is 1.43 bits per heavy atom. The monoisotopic (exact) mass is 369 g/mol. The lowest BCUT2D eigenvalue weighted by atomic mass is 9.93. The first-order valence-electron chi connectivity index (χ1n) is 7.74. The highest BCUT2D eigenvalue weighted by Crippen LogP contribution is 2.43. The summed E-state index contributed by atoms with van der Waals surface area (Å²) in [6, 6.07) is 2.56. The van der Waals surface area contributed by atoms with Gasteiger partial charge in [-0.2, -0.15) is 0 Å². The van der Waals surface area contributed by atoms with Crippen LogP contribution in [0.3, 0.4) is 0 Å². The van der Waals surface area contributed by atoms with Gasteiger partial charge in [-0.25, -0.2) is 9.97 Å². The van der Waals surface area contributed by atoms with Crippen LogP contribution < -0.4 is 0 Å². The van der Waals surface area contributed by atoms with Crippen molar-refractivity contribution in [2.24, 2.45) is 11.8 Å². The number of aromatic nitrogens is 3. The van der Waals surface area contributed by atoms with Gasteiger partial charge in [0.25, 0.3) is 0 Å². The maximum atomic E-state index is 5.98. The lowest BCUT2D eigenvalue weighted by Gasteiger charge is -2.23. The Labute approximate surface area is 139 Å². The molecule has 1 fully saturated rings. The second-order valence-corrected chi connectivity index (χ2v) is 7.30. The van der Waals surface area contributed by atoms with Crippen molar-refractivity contribution in [1.82, 2.24) is 14.5 Å². The normalized spacial score (nSPS) is 25.8. The van der Waals surface area contributed by atoms with Crippen LogP contribution >= 0.6 is 27.5 Å². The van der Waals surface area contributed by atoms with Crippen molar-refractivity contribution in [3.05, 3.63) is 22.6 Å². The van der Waals surface area contributed by atoms with Gasteiger partial charge in [-0.1, -0.05) is 20.3 Å². The van der Waals surface area contributed by atoms with Crippen LogP contribution in [0.5, 0.6) is 0 Å². The van der Waals surface area contributed by atoms with Gasteiger partial charge in [0.2, 0.25) is 0 Å². The minimum absolute atomic E-state index is 0.506. The van der Waals surface area contributed by atoms with E-state index in [1.165, 1.54) is 19.3 Å². The highest BCUT2D eigenvalue weighted by Gasteiger charge is 2.35. The Hall–Kier alpha value is -0.610. The number of hydrogen-bond donors (Lipinski definition) is 0. The summed E-state index contributed by atoms with van der Waals surface area (Å²) >= 11 is 9.47. The van der Waals surface area contributed by atoms with E-state index >= 15 is 0 Å². The number of halogens is 2. The molecule has 21 heavy (non-hydrogen) atoms. The number of rotatable bonds is 4. The summed E-state index contributed by atoms with van der Waals surface area (Å²) in [5, 5.41) is 0. The molecule has 3 atom stereocenters. The summed E-state index contributed by atoms with van der Waals surface area (Å²) in [6.45, 7) is 4.67. The molecule has 0 bridgehead atoms. The quantitative estimate of drug-likeness (QED) is 0.711. The number of hydrogen-bond acceptors (Lipinski definition) is 2. The minimum Gasteiger partial charge on any atom is -0.309 e. The molecule has 0 N–H and O–H groups in total.